The molecule has 2 heterocycles. The summed E-state index contributed by atoms with van der Waals surface area (Å²) in [4.78, 5) is 23.9. The van der Waals surface area contributed by atoms with Crippen molar-refractivity contribution < 1.29 is 41.4 Å². The molecule has 0 saturated carbocycles. The molecule has 39 heavy (non-hydrogen) atoms. The third-order valence-corrected chi connectivity index (χ3v) is 7.80. The van der Waals surface area contributed by atoms with Crippen molar-refractivity contribution in [2.75, 3.05) is 6.61 Å². The van der Waals surface area contributed by atoms with E-state index in [4.69, 9.17) is 14.2 Å². The summed E-state index contributed by atoms with van der Waals surface area (Å²) in [5.74, 6) is -6.68. The Hall–Kier alpha value is -2.97. The lowest BCUT2D eigenvalue weighted by Gasteiger charge is -2.44. The van der Waals surface area contributed by atoms with E-state index in [1.165, 1.54) is 30.8 Å². The molecular formula is C25H22BrF4N3O5S. The molecule has 1 aliphatic heterocycles. The van der Waals surface area contributed by atoms with Crippen LogP contribution in [0.5, 0.6) is 0 Å². The molecule has 4 rings (SSSR count). The fraction of sp³-hybridized carbons (Fsp3) is 0.360. The van der Waals surface area contributed by atoms with Crippen molar-refractivity contribution in [3.05, 3.63) is 64.3 Å². The fourth-order valence-corrected chi connectivity index (χ4v) is 5.91. The van der Waals surface area contributed by atoms with Gasteiger partial charge in [0.2, 0.25) is 0 Å². The van der Waals surface area contributed by atoms with Gasteiger partial charge in [-0.2, -0.15) is 0 Å². The van der Waals surface area contributed by atoms with Crippen LogP contribution in [-0.4, -0.2) is 51.2 Å². The smallest absolute Gasteiger partial charge is 0.303 e. The Morgan fingerprint density at radius 2 is 1.77 bits per heavy atom. The molecule has 8 nitrogen and oxygen atoms in total. The van der Waals surface area contributed by atoms with E-state index in [2.05, 4.69) is 26.2 Å². The first-order chi connectivity index (χ1) is 18.4. The summed E-state index contributed by atoms with van der Waals surface area (Å²) in [7, 11) is 0. The van der Waals surface area contributed by atoms with E-state index in [1.807, 2.05) is 0 Å². The molecule has 0 amide bonds. The van der Waals surface area contributed by atoms with Crippen molar-refractivity contribution in [1.82, 2.24) is 15.0 Å². The summed E-state index contributed by atoms with van der Waals surface area (Å²) in [5, 5.41) is 8.06. The van der Waals surface area contributed by atoms with E-state index >= 15 is 0 Å². The van der Waals surface area contributed by atoms with E-state index in [-0.39, 0.29) is 22.8 Å². The van der Waals surface area contributed by atoms with Gasteiger partial charge < -0.3 is 14.2 Å². The summed E-state index contributed by atoms with van der Waals surface area (Å²) in [6.07, 6.45) is -0.670. The largest absolute Gasteiger partial charge is 0.463 e. The van der Waals surface area contributed by atoms with Gasteiger partial charge in [0.25, 0.3) is 0 Å². The zero-order valence-electron chi connectivity index (χ0n) is 20.7. The van der Waals surface area contributed by atoms with Crippen LogP contribution in [0.2, 0.25) is 0 Å². The number of hydrogen-bond acceptors (Lipinski definition) is 8. The Balaban J connectivity index is 1.74. The van der Waals surface area contributed by atoms with Crippen molar-refractivity contribution in [3.8, 4) is 11.3 Å². The fourth-order valence-electron chi connectivity index (χ4n) is 4.20. The second-order valence-electron chi connectivity index (χ2n) is 8.80. The number of halogens is 5. The SMILES string of the molecule is CC(=O)OCC1O[C@H](Sc2cc(Br)ccc2F)C(C)[C@@H](n2cc(-c3cc(F)c(F)c(F)c3)nn2)[C@H]1OC(C)=O. The van der Waals surface area contributed by atoms with Crippen LogP contribution in [0.1, 0.15) is 26.8 Å². The quantitative estimate of drug-likeness (QED) is 0.193. The second-order valence-corrected chi connectivity index (χ2v) is 10.9. The molecule has 2 aromatic carbocycles. The van der Waals surface area contributed by atoms with E-state index in [9.17, 15) is 27.2 Å². The van der Waals surface area contributed by atoms with Crippen molar-refractivity contribution in [3.63, 3.8) is 0 Å². The average molecular weight is 632 g/mol. The van der Waals surface area contributed by atoms with Crippen molar-refractivity contribution in [2.45, 2.75) is 49.4 Å². The maximum atomic E-state index is 14.6. The Morgan fingerprint density at radius 3 is 2.41 bits per heavy atom. The summed E-state index contributed by atoms with van der Waals surface area (Å²) in [6, 6.07) is 5.18. The number of rotatable bonds is 7. The summed E-state index contributed by atoms with van der Waals surface area (Å²) in [5.41, 5.74) is -0.800. The van der Waals surface area contributed by atoms with Crippen LogP contribution in [0.4, 0.5) is 17.6 Å². The molecule has 1 aliphatic rings. The van der Waals surface area contributed by atoms with Gasteiger partial charge in [0.1, 0.15) is 29.7 Å². The highest BCUT2D eigenvalue weighted by molar-refractivity contribution is 9.10. The van der Waals surface area contributed by atoms with Gasteiger partial charge in [0.05, 0.1) is 12.2 Å². The van der Waals surface area contributed by atoms with Gasteiger partial charge in [0, 0.05) is 34.7 Å². The van der Waals surface area contributed by atoms with Gasteiger partial charge in [-0.3, -0.25) is 9.59 Å². The van der Waals surface area contributed by atoms with Gasteiger partial charge in [-0.05, 0) is 30.3 Å². The predicted molar refractivity (Wildman–Crippen MR) is 134 cm³/mol. The maximum absolute atomic E-state index is 14.6. The molecule has 1 fully saturated rings. The lowest BCUT2D eigenvalue weighted by atomic mass is 9.90. The number of esters is 2. The van der Waals surface area contributed by atoms with Crippen LogP contribution in [0, 0.1) is 29.2 Å². The number of carbonyl (C=O) groups is 2. The number of thioether (sulfide) groups is 1. The molecular weight excluding hydrogens is 610 g/mol. The summed E-state index contributed by atoms with van der Waals surface area (Å²) in [6.45, 7) is 3.87. The molecule has 0 spiro atoms. The normalized spacial score (nSPS) is 22.9. The highest BCUT2D eigenvalue weighted by atomic mass is 79.9. The van der Waals surface area contributed by atoms with Crippen LogP contribution in [0.3, 0.4) is 0 Å². The zero-order chi connectivity index (χ0) is 28.4. The van der Waals surface area contributed by atoms with Crippen LogP contribution in [0.15, 0.2) is 45.9 Å². The molecule has 0 radical (unpaired) electrons. The predicted octanol–water partition coefficient (Wildman–Crippen LogP) is 5.45. The third-order valence-electron chi connectivity index (χ3n) is 5.96. The van der Waals surface area contributed by atoms with Gasteiger partial charge in [-0.15, -0.1) is 5.10 Å². The number of hydrogen-bond donors (Lipinski definition) is 0. The lowest BCUT2D eigenvalue weighted by Crippen LogP contribution is -2.53. The molecule has 2 unspecified atom stereocenters. The monoisotopic (exact) mass is 631 g/mol. The minimum absolute atomic E-state index is 0.0202. The minimum atomic E-state index is -1.62. The first-order valence-corrected chi connectivity index (χ1v) is 13.3. The zero-order valence-corrected chi connectivity index (χ0v) is 23.1. The van der Waals surface area contributed by atoms with Crippen molar-refractivity contribution in [2.24, 2.45) is 5.92 Å². The van der Waals surface area contributed by atoms with Gasteiger partial charge >= 0.3 is 11.9 Å². The Labute approximate surface area is 233 Å². The van der Waals surface area contributed by atoms with Crippen molar-refractivity contribution >= 4 is 39.6 Å². The molecule has 0 aliphatic carbocycles. The molecule has 3 aromatic rings. The summed E-state index contributed by atoms with van der Waals surface area (Å²) < 4.78 is 74.7. The maximum Gasteiger partial charge on any atom is 0.303 e. The number of ether oxygens (including phenoxy) is 3. The highest BCUT2D eigenvalue weighted by Crippen LogP contribution is 2.44. The minimum Gasteiger partial charge on any atom is -0.463 e. The van der Waals surface area contributed by atoms with Crippen molar-refractivity contribution in [1.29, 1.82) is 0 Å². The number of aromatic nitrogens is 3. The highest BCUT2D eigenvalue weighted by Gasteiger charge is 2.48. The molecule has 0 bridgehead atoms. The molecule has 0 N–H and O–H groups in total. The Morgan fingerprint density at radius 1 is 1.08 bits per heavy atom. The van der Waals surface area contributed by atoms with Crippen LogP contribution < -0.4 is 0 Å². The number of benzene rings is 2. The Kier molecular flexibility index (Phi) is 8.96. The third kappa shape index (κ3) is 6.61. The van der Waals surface area contributed by atoms with E-state index in [1.54, 1.807) is 19.1 Å². The van der Waals surface area contributed by atoms with Gasteiger partial charge in [-0.1, -0.05) is 39.8 Å². The molecule has 14 heteroatoms. The second kappa shape index (κ2) is 12.0. The number of carbonyl (C=O) groups excluding carboxylic acids is 2. The van der Waals surface area contributed by atoms with E-state index in [0.717, 1.165) is 23.9 Å². The first-order valence-electron chi connectivity index (χ1n) is 11.6. The average Bonchev–Trinajstić information content (AvgIpc) is 3.34. The first kappa shape index (κ1) is 29.0. The molecule has 208 valence electrons. The van der Waals surface area contributed by atoms with Gasteiger partial charge in [0.15, 0.2) is 23.6 Å². The van der Waals surface area contributed by atoms with E-state index < -0.39 is 64.8 Å². The van der Waals surface area contributed by atoms with Crippen LogP contribution in [-0.2, 0) is 23.8 Å². The van der Waals surface area contributed by atoms with Crippen LogP contribution in [0.25, 0.3) is 11.3 Å². The summed E-state index contributed by atoms with van der Waals surface area (Å²) >= 11 is 4.39. The number of nitrogens with zero attached hydrogens (tertiary/aromatic N) is 3. The van der Waals surface area contributed by atoms with Crippen LogP contribution >= 0.6 is 27.7 Å². The topological polar surface area (TPSA) is 92.5 Å². The Bertz CT molecular complexity index is 1370. The molecule has 1 saturated heterocycles. The molecule has 5 atom stereocenters. The lowest BCUT2D eigenvalue weighted by molar-refractivity contribution is -0.191. The molecule has 1 aromatic heterocycles. The standard InChI is InChI=1S/C25H22BrF4N3O5S/c1-11-23(33-9-19(31-32-33)14-6-17(28)22(30)18(29)7-14)24(37-13(3)35)20(10-36-12(2)34)38-25(11)39-21-8-15(26)4-5-16(21)27/h4-9,11,20,23-25H,10H2,1-3H3/t11?,20?,23-,24+,25-/m1/s1. The van der Waals surface area contributed by atoms with E-state index in [0.29, 0.717) is 4.47 Å². The van der Waals surface area contributed by atoms with Gasteiger partial charge in [-0.25, -0.2) is 22.2 Å².